The Bertz CT molecular complexity index is 1190. The summed E-state index contributed by atoms with van der Waals surface area (Å²) in [6.07, 6.45) is 1.47. The number of esters is 1. The van der Waals surface area contributed by atoms with Crippen LogP contribution in [0.3, 0.4) is 0 Å². The van der Waals surface area contributed by atoms with Gasteiger partial charge in [-0.2, -0.15) is 0 Å². The summed E-state index contributed by atoms with van der Waals surface area (Å²) >= 11 is 5.87. The molecule has 9 heteroatoms. The molecule has 0 spiro atoms. The van der Waals surface area contributed by atoms with Gasteiger partial charge in [0.1, 0.15) is 0 Å². The van der Waals surface area contributed by atoms with Crippen LogP contribution < -0.4 is 10.2 Å². The molecule has 2 heterocycles. The Balaban J connectivity index is 1.44. The quantitative estimate of drug-likeness (QED) is 0.374. The molecule has 0 bridgehead atoms. The highest BCUT2D eigenvalue weighted by Gasteiger charge is 2.36. The van der Waals surface area contributed by atoms with Gasteiger partial charge in [0.2, 0.25) is 0 Å². The lowest BCUT2D eigenvalue weighted by Gasteiger charge is -2.15. The number of rotatable bonds is 5. The van der Waals surface area contributed by atoms with Crippen LogP contribution in [0.1, 0.15) is 31.1 Å². The van der Waals surface area contributed by atoms with Crippen LogP contribution >= 0.6 is 11.6 Å². The van der Waals surface area contributed by atoms with Crippen molar-refractivity contribution in [1.29, 1.82) is 0 Å². The van der Waals surface area contributed by atoms with Crippen LogP contribution in [-0.4, -0.2) is 35.3 Å². The Morgan fingerprint density at radius 3 is 2.35 bits per heavy atom. The summed E-state index contributed by atoms with van der Waals surface area (Å²) in [6, 6.07) is 15.5. The Morgan fingerprint density at radius 1 is 0.968 bits per heavy atom. The van der Waals surface area contributed by atoms with Crippen LogP contribution in [0.15, 0.2) is 66.9 Å². The number of amides is 3. The number of fused-ring (bicyclic) bond motifs is 1. The van der Waals surface area contributed by atoms with Gasteiger partial charge in [0.05, 0.1) is 28.1 Å². The van der Waals surface area contributed by atoms with Gasteiger partial charge in [-0.25, -0.2) is 14.7 Å². The smallest absolute Gasteiger partial charge is 0.338 e. The van der Waals surface area contributed by atoms with Crippen LogP contribution in [0.4, 0.5) is 11.4 Å². The lowest BCUT2D eigenvalue weighted by atomic mass is 10.1. The molecule has 4 rings (SSSR count). The molecule has 0 aliphatic carbocycles. The first-order valence-electron chi connectivity index (χ1n) is 9.11. The summed E-state index contributed by atoms with van der Waals surface area (Å²) in [6.45, 7) is -0.554. The predicted molar refractivity (Wildman–Crippen MR) is 112 cm³/mol. The summed E-state index contributed by atoms with van der Waals surface area (Å²) < 4.78 is 5.03. The number of nitrogens with zero attached hydrogens (tertiary/aromatic N) is 2. The molecule has 0 saturated carbocycles. The van der Waals surface area contributed by atoms with Gasteiger partial charge in [-0.1, -0.05) is 29.8 Å². The minimum absolute atomic E-state index is 0.0845. The number of ether oxygens (including phenoxy) is 1. The molecule has 31 heavy (non-hydrogen) atoms. The van der Waals surface area contributed by atoms with Gasteiger partial charge in [0, 0.05) is 6.20 Å². The standard InChI is InChI=1S/C22H14ClN3O5/c23-19-17(9-4-10-24-19)25-18(27)12-31-22(30)13-5-3-6-14(11-13)26-20(28)15-7-1-2-8-16(15)21(26)29/h1-11H,12H2,(H,25,27). The van der Waals surface area contributed by atoms with Crippen molar-refractivity contribution in [3.63, 3.8) is 0 Å². The van der Waals surface area contributed by atoms with E-state index in [0.29, 0.717) is 11.1 Å². The molecule has 1 aromatic heterocycles. The van der Waals surface area contributed by atoms with E-state index in [1.807, 2.05) is 0 Å². The molecule has 0 saturated heterocycles. The lowest BCUT2D eigenvalue weighted by Crippen LogP contribution is -2.29. The fourth-order valence-corrected chi connectivity index (χ4v) is 3.24. The van der Waals surface area contributed by atoms with Gasteiger partial charge in [-0.15, -0.1) is 0 Å². The number of carbonyl (C=O) groups excluding carboxylic acids is 4. The average Bonchev–Trinajstić information content (AvgIpc) is 3.04. The van der Waals surface area contributed by atoms with E-state index in [-0.39, 0.29) is 22.1 Å². The number of halogens is 1. The van der Waals surface area contributed by atoms with Crippen molar-refractivity contribution in [1.82, 2.24) is 4.98 Å². The van der Waals surface area contributed by atoms with Gasteiger partial charge >= 0.3 is 5.97 Å². The van der Waals surface area contributed by atoms with Crippen LogP contribution in [-0.2, 0) is 9.53 Å². The Labute approximate surface area is 181 Å². The van der Waals surface area contributed by atoms with Gasteiger partial charge in [-0.05, 0) is 42.5 Å². The van der Waals surface area contributed by atoms with E-state index < -0.39 is 30.3 Å². The molecule has 2 aromatic carbocycles. The zero-order valence-electron chi connectivity index (χ0n) is 15.9. The summed E-state index contributed by atoms with van der Waals surface area (Å²) in [5.74, 6) is -2.33. The Kier molecular flexibility index (Phi) is 5.46. The van der Waals surface area contributed by atoms with Crippen molar-refractivity contribution < 1.29 is 23.9 Å². The number of carbonyl (C=O) groups is 4. The average molecular weight is 436 g/mol. The van der Waals surface area contributed by atoms with Crippen molar-refractivity contribution in [2.45, 2.75) is 0 Å². The topological polar surface area (TPSA) is 106 Å². The van der Waals surface area contributed by atoms with Crippen molar-refractivity contribution in [2.75, 3.05) is 16.8 Å². The van der Waals surface area contributed by atoms with Crippen molar-refractivity contribution in [3.05, 3.63) is 88.7 Å². The third-order valence-electron chi connectivity index (χ3n) is 4.50. The number of imide groups is 1. The van der Waals surface area contributed by atoms with E-state index in [1.54, 1.807) is 36.4 Å². The summed E-state index contributed by atoms with van der Waals surface area (Å²) in [7, 11) is 0. The maximum absolute atomic E-state index is 12.6. The number of hydrogen-bond donors (Lipinski definition) is 1. The van der Waals surface area contributed by atoms with Crippen LogP contribution in [0.2, 0.25) is 5.15 Å². The molecule has 0 radical (unpaired) electrons. The van der Waals surface area contributed by atoms with Crippen LogP contribution in [0.25, 0.3) is 0 Å². The highest BCUT2D eigenvalue weighted by Crippen LogP contribution is 2.28. The van der Waals surface area contributed by atoms with E-state index >= 15 is 0 Å². The van der Waals surface area contributed by atoms with Gasteiger partial charge in [-0.3, -0.25) is 14.4 Å². The largest absolute Gasteiger partial charge is 0.452 e. The first-order chi connectivity index (χ1) is 15.0. The van der Waals surface area contributed by atoms with Crippen molar-refractivity contribution in [2.24, 2.45) is 0 Å². The van der Waals surface area contributed by atoms with Crippen LogP contribution in [0, 0.1) is 0 Å². The maximum atomic E-state index is 12.6. The highest BCUT2D eigenvalue weighted by molar-refractivity contribution is 6.34. The number of benzene rings is 2. The second kappa shape index (κ2) is 8.37. The molecule has 0 atom stereocenters. The molecule has 1 aliphatic heterocycles. The third-order valence-corrected chi connectivity index (χ3v) is 4.80. The number of hydrogen-bond acceptors (Lipinski definition) is 6. The molecule has 1 aliphatic rings. The zero-order chi connectivity index (χ0) is 22.0. The Hall–Kier alpha value is -4.04. The van der Waals surface area contributed by atoms with Gasteiger partial charge in [0.15, 0.2) is 11.8 Å². The van der Waals surface area contributed by atoms with Gasteiger partial charge in [0.25, 0.3) is 17.7 Å². The summed E-state index contributed by atoms with van der Waals surface area (Å²) in [5, 5.41) is 2.59. The normalized spacial score (nSPS) is 12.5. The first-order valence-corrected chi connectivity index (χ1v) is 9.49. The molecule has 1 N–H and O–H groups in total. The van der Waals surface area contributed by atoms with E-state index in [0.717, 1.165) is 4.90 Å². The fourth-order valence-electron chi connectivity index (χ4n) is 3.08. The van der Waals surface area contributed by atoms with Crippen molar-refractivity contribution >= 4 is 46.7 Å². The molecule has 3 aromatic rings. The maximum Gasteiger partial charge on any atom is 0.338 e. The molecule has 154 valence electrons. The number of nitrogens with one attached hydrogen (secondary N) is 1. The van der Waals surface area contributed by atoms with E-state index in [2.05, 4.69) is 10.3 Å². The SMILES string of the molecule is O=C(COC(=O)c1cccc(N2C(=O)c3ccccc3C2=O)c1)Nc1cccnc1Cl. The number of aromatic nitrogens is 1. The predicted octanol–water partition coefficient (Wildman–Crippen LogP) is 3.33. The molecule has 0 unspecified atom stereocenters. The number of anilines is 2. The molecule has 3 amide bonds. The minimum atomic E-state index is -0.786. The summed E-state index contributed by atoms with van der Waals surface area (Å²) in [5.41, 5.74) is 1.20. The first kappa shape index (κ1) is 20.2. The molecular weight excluding hydrogens is 422 g/mol. The molecular formula is C22H14ClN3O5. The second-order valence-corrected chi connectivity index (χ2v) is 6.87. The minimum Gasteiger partial charge on any atom is -0.452 e. The van der Waals surface area contributed by atoms with E-state index in [9.17, 15) is 19.2 Å². The highest BCUT2D eigenvalue weighted by atomic mass is 35.5. The number of pyridine rings is 1. The van der Waals surface area contributed by atoms with Crippen LogP contribution in [0.5, 0.6) is 0 Å². The van der Waals surface area contributed by atoms with Crippen molar-refractivity contribution in [3.8, 4) is 0 Å². The zero-order valence-corrected chi connectivity index (χ0v) is 16.6. The van der Waals surface area contributed by atoms with E-state index in [1.165, 1.54) is 30.5 Å². The summed E-state index contributed by atoms with van der Waals surface area (Å²) in [4.78, 5) is 54.5. The van der Waals surface area contributed by atoms with E-state index in [4.69, 9.17) is 16.3 Å². The monoisotopic (exact) mass is 435 g/mol. The molecule has 0 fully saturated rings. The second-order valence-electron chi connectivity index (χ2n) is 6.51. The lowest BCUT2D eigenvalue weighted by molar-refractivity contribution is -0.119. The molecule has 8 nitrogen and oxygen atoms in total. The van der Waals surface area contributed by atoms with Gasteiger partial charge < -0.3 is 10.1 Å². The fraction of sp³-hybridized carbons (Fsp3) is 0.0455. The Morgan fingerprint density at radius 2 is 1.68 bits per heavy atom. The third kappa shape index (κ3) is 4.01.